The molecule has 1 saturated carbocycles. The minimum atomic E-state index is -3.78. The van der Waals surface area contributed by atoms with Crippen LogP contribution in [0, 0.1) is 17.8 Å². The number of carbonyl (C=O) groups is 2. The molecule has 2 fully saturated rings. The smallest absolute Gasteiger partial charge is 0.338 e. The highest BCUT2D eigenvalue weighted by Gasteiger charge is 2.53. The number of sulfonamides is 1. The zero-order valence-corrected chi connectivity index (χ0v) is 21.9. The molecule has 1 aromatic heterocycles. The lowest BCUT2D eigenvalue weighted by molar-refractivity contribution is 0.0474. The van der Waals surface area contributed by atoms with E-state index < -0.39 is 22.6 Å². The molecule has 1 aliphatic heterocycles. The summed E-state index contributed by atoms with van der Waals surface area (Å²) in [5.41, 5.74) is 2.18. The number of ketones is 1. The number of aromatic amines is 1. The van der Waals surface area contributed by atoms with Crippen LogP contribution in [0.1, 0.15) is 66.4 Å². The van der Waals surface area contributed by atoms with Crippen molar-refractivity contribution in [2.45, 2.75) is 57.9 Å². The maximum atomic E-state index is 13.6. The fraction of sp³-hybridized carbons (Fsp3) is 0.429. The molecule has 5 rings (SSSR count). The summed E-state index contributed by atoms with van der Waals surface area (Å²) < 4.78 is 34.1. The predicted octanol–water partition coefficient (Wildman–Crippen LogP) is 5.11. The molecule has 190 valence electrons. The van der Waals surface area contributed by atoms with Gasteiger partial charge in [0.15, 0.2) is 6.61 Å². The van der Waals surface area contributed by atoms with Crippen molar-refractivity contribution >= 4 is 32.7 Å². The Morgan fingerprint density at radius 2 is 1.83 bits per heavy atom. The van der Waals surface area contributed by atoms with Gasteiger partial charge in [-0.3, -0.25) is 4.79 Å². The summed E-state index contributed by atoms with van der Waals surface area (Å²) in [6, 6.07) is 13.3. The third kappa shape index (κ3) is 4.37. The second-order valence-corrected chi connectivity index (χ2v) is 13.4. The second-order valence-electron chi connectivity index (χ2n) is 11.5. The van der Waals surface area contributed by atoms with Crippen molar-refractivity contribution in [3.63, 3.8) is 0 Å². The van der Waals surface area contributed by atoms with Crippen molar-refractivity contribution in [2.24, 2.45) is 10.8 Å². The minimum Gasteiger partial charge on any atom is -0.454 e. The van der Waals surface area contributed by atoms with Crippen molar-refractivity contribution < 1.29 is 22.7 Å². The van der Waals surface area contributed by atoms with Crippen molar-refractivity contribution in [3.8, 4) is 0 Å². The molecule has 2 atom stereocenters. The number of hydrogen-bond donors (Lipinski definition) is 1. The predicted molar refractivity (Wildman–Crippen MR) is 138 cm³/mol. The number of nitrogens with one attached hydrogen (secondary N) is 1. The van der Waals surface area contributed by atoms with E-state index in [9.17, 15) is 18.0 Å². The number of esters is 1. The SMILES string of the molecule is Cc1[nH]c2ccccc2c1C(=O)COC(=O)c1cccc(S(=O)(=O)N2CC3(C)CC2CC(C)(C)C3)c1. The highest BCUT2D eigenvalue weighted by molar-refractivity contribution is 7.89. The number of H-pyrrole nitrogens is 1. The molecule has 36 heavy (non-hydrogen) atoms. The quantitative estimate of drug-likeness (QED) is 0.369. The van der Waals surface area contributed by atoms with E-state index in [2.05, 4.69) is 25.8 Å². The Labute approximate surface area is 211 Å². The molecule has 2 aromatic carbocycles. The summed E-state index contributed by atoms with van der Waals surface area (Å²) in [7, 11) is -3.78. The van der Waals surface area contributed by atoms with Gasteiger partial charge in [0.25, 0.3) is 0 Å². The van der Waals surface area contributed by atoms with E-state index in [0.717, 1.165) is 30.2 Å². The molecule has 0 amide bonds. The van der Waals surface area contributed by atoms with Gasteiger partial charge in [-0.15, -0.1) is 0 Å². The van der Waals surface area contributed by atoms with Crippen LogP contribution in [0.15, 0.2) is 53.4 Å². The van der Waals surface area contributed by atoms with Crippen LogP contribution in [0.5, 0.6) is 0 Å². The molecule has 8 heteroatoms. The third-order valence-corrected chi connectivity index (χ3v) is 9.44. The minimum absolute atomic E-state index is 0.0447. The lowest BCUT2D eigenvalue weighted by Gasteiger charge is -2.39. The van der Waals surface area contributed by atoms with Gasteiger partial charge in [-0.05, 0) is 61.3 Å². The third-order valence-electron chi connectivity index (χ3n) is 7.55. The van der Waals surface area contributed by atoms with Crippen LogP contribution < -0.4 is 0 Å². The van der Waals surface area contributed by atoms with Gasteiger partial charge in [0.05, 0.1) is 10.5 Å². The summed E-state index contributed by atoms with van der Waals surface area (Å²) in [5, 5.41) is 0.775. The van der Waals surface area contributed by atoms with Crippen LogP contribution >= 0.6 is 0 Å². The molecule has 2 aliphatic rings. The number of fused-ring (bicyclic) bond motifs is 3. The number of hydrogen-bond acceptors (Lipinski definition) is 5. The number of benzene rings is 2. The second kappa shape index (κ2) is 8.56. The molecule has 1 N–H and O–H groups in total. The number of Topliss-reactive ketones (excluding diaryl/α,β-unsaturated/α-hetero) is 1. The molecule has 1 saturated heterocycles. The summed E-state index contributed by atoms with van der Waals surface area (Å²) in [5.74, 6) is -1.05. The molecule has 0 spiro atoms. The Hall–Kier alpha value is -2.97. The van der Waals surface area contributed by atoms with E-state index in [4.69, 9.17) is 4.74 Å². The van der Waals surface area contributed by atoms with Crippen LogP contribution in [0.2, 0.25) is 0 Å². The van der Waals surface area contributed by atoms with Gasteiger partial charge in [-0.2, -0.15) is 4.31 Å². The maximum absolute atomic E-state index is 13.6. The molecule has 2 heterocycles. The number of nitrogens with zero attached hydrogens (tertiary/aromatic N) is 1. The number of aryl methyl sites for hydroxylation is 1. The Balaban J connectivity index is 1.32. The number of ether oxygens (including phenoxy) is 1. The van der Waals surface area contributed by atoms with E-state index in [0.29, 0.717) is 17.8 Å². The van der Waals surface area contributed by atoms with Crippen molar-refractivity contribution in [1.82, 2.24) is 9.29 Å². The number of rotatable bonds is 6. The molecule has 1 aliphatic carbocycles. The van der Waals surface area contributed by atoms with Crippen molar-refractivity contribution in [2.75, 3.05) is 13.2 Å². The lowest BCUT2D eigenvalue weighted by atomic mass is 9.65. The standard InChI is InChI=1S/C28H32N2O5S/c1-18-25(22-10-5-6-11-23(22)29-18)24(31)15-35-26(32)19-8-7-9-21(12-19)36(33,34)30-17-28(4)14-20(30)13-27(2,3)16-28/h5-12,20,29H,13-17H2,1-4H3. The molecule has 2 bridgehead atoms. The van der Waals surface area contributed by atoms with Gasteiger partial charge in [-0.1, -0.05) is 45.0 Å². The van der Waals surface area contributed by atoms with E-state index in [1.807, 2.05) is 24.3 Å². The zero-order chi connectivity index (χ0) is 25.9. The summed E-state index contributed by atoms with van der Waals surface area (Å²) in [4.78, 5) is 28.9. The normalized spacial score (nSPS) is 23.6. The number of para-hydroxylation sites is 1. The monoisotopic (exact) mass is 508 g/mol. The Morgan fingerprint density at radius 3 is 2.61 bits per heavy atom. The summed E-state index contributed by atoms with van der Waals surface area (Å²) in [6.45, 7) is 8.41. The van der Waals surface area contributed by atoms with Gasteiger partial charge in [0, 0.05) is 34.7 Å². The first kappa shape index (κ1) is 24.7. The molecule has 2 unspecified atom stereocenters. The summed E-state index contributed by atoms with van der Waals surface area (Å²) >= 11 is 0. The number of carbonyl (C=O) groups excluding carboxylic acids is 2. The molecule has 7 nitrogen and oxygen atoms in total. The van der Waals surface area contributed by atoms with E-state index in [1.54, 1.807) is 17.3 Å². The maximum Gasteiger partial charge on any atom is 0.338 e. The first-order chi connectivity index (χ1) is 16.9. The molecule has 0 radical (unpaired) electrons. The van der Waals surface area contributed by atoms with E-state index in [1.165, 1.54) is 18.2 Å². The fourth-order valence-corrected chi connectivity index (χ4v) is 8.35. The van der Waals surface area contributed by atoms with Crippen LogP contribution in [0.25, 0.3) is 10.9 Å². The van der Waals surface area contributed by atoms with E-state index in [-0.39, 0.29) is 33.1 Å². The van der Waals surface area contributed by atoms with Gasteiger partial charge in [0.2, 0.25) is 15.8 Å². The first-order valence-electron chi connectivity index (χ1n) is 12.3. The average Bonchev–Trinajstić information content (AvgIpc) is 3.28. The Kier molecular flexibility index (Phi) is 5.87. The largest absolute Gasteiger partial charge is 0.454 e. The van der Waals surface area contributed by atoms with Gasteiger partial charge < -0.3 is 9.72 Å². The first-order valence-corrected chi connectivity index (χ1v) is 13.7. The van der Waals surface area contributed by atoms with Crippen LogP contribution in [-0.2, 0) is 14.8 Å². The van der Waals surface area contributed by atoms with Crippen LogP contribution in [0.4, 0.5) is 0 Å². The highest BCUT2D eigenvalue weighted by Crippen LogP contribution is 2.53. The van der Waals surface area contributed by atoms with Crippen LogP contribution in [-0.4, -0.2) is 48.7 Å². The van der Waals surface area contributed by atoms with Crippen molar-refractivity contribution in [1.29, 1.82) is 0 Å². The number of aromatic nitrogens is 1. The summed E-state index contributed by atoms with van der Waals surface area (Å²) in [6.07, 6.45) is 2.66. The molecule has 3 aromatic rings. The molecular formula is C28H32N2O5S. The topological polar surface area (TPSA) is 96.5 Å². The Morgan fingerprint density at radius 1 is 1.08 bits per heavy atom. The lowest BCUT2D eigenvalue weighted by Crippen LogP contribution is -2.37. The van der Waals surface area contributed by atoms with Crippen molar-refractivity contribution in [3.05, 3.63) is 65.4 Å². The highest BCUT2D eigenvalue weighted by atomic mass is 32.2. The van der Waals surface area contributed by atoms with Crippen LogP contribution in [0.3, 0.4) is 0 Å². The fourth-order valence-electron chi connectivity index (χ4n) is 6.53. The Bertz CT molecular complexity index is 1470. The zero-order valence-electron chi connectivity index (χ0n) is 21.1. The van der Waals surface area contributed by atoms with Gasteiger partial charge in [-0.25, -0.2) is 13.2 Å². The van der Waals surface area contributed by atoms with Gasteiger partial charge >= 0.3 is 5.97 Å². The average molecular weight is 509 g/mol. The van der Waals surface area contributed by atoms with Gasteiger partial charge in [0.1, 0.15) is 0 Å². The molecular weight excluding hydrogens is 476 g/mol. The van der Waals surface area contributed by atoms with E-state index >= 15 is 0 Å².